The number of nitrogens with zero attached hydrogens (tertiary/aromatic N) is 1. The number of rotatable bonds is 6. The Kier molecular flexibility index (Phi) is 5.69. The minimum Gasteiger partial charge on any atom is -0.329 e. The van der Waals surface area contributed by atoms with Gasteiger partial charge in [0.1, 0.15) is 5.82 Å². The second-order valence-corrected chi connectivity index (χ2v) is 4.01. The molecule has 0 unspecified atom stereocenters. The molecule has 0 fully saturated rings. The summed E-state index contributed by atoms with van der Waals surface area (Å²) in [7, 11) is 0. The van der Waals surface area contributed by atoms with Crippen molar-refractivity contribution < 1.29 is 4.39 Å². The number of nitrogens with two attached hydrogens (primary N) is 2. The Bertz CT molecular complexity index is 327. The molecule has 0 atom stereocenters. The van der Waals surface area contributed by atoms with Gasteiger partial charge in [0.15, 0.2) is 0 Å². The minimum absolute atomic E-state index is 0.151. The lowest BCUT2D eigenvalue weighted by Gasteiger charge is -2.20. The molecule has 0 bridgehead atoms. The predicted molar refractivity (Wildman–Crippen MR) is 64.8 cm³/mol. The predicted octanol–water partition coefficient (Wildman–Crippen LogP) is 1.20. The molecule has 0 aliphatic heterocycles. The van der Waals surface area contributed by atoms with Gasteiger partial charge in [-0.3, -0.25) is 4.90 Å². The van der Waals surface area contributed by atoms with Gasteiger partial charge < -0.3 is 11.5 Å². The van der Waals surface area contributed by atoms with E-state index in [1.807, 2.05) is 0 Å². The highest BCUT2D eigenvalue weighted by atomic mass is 35.5. The van der Waals surface area contributed by atoms with Gasteiger partial charge >= 0.3 is 0 Å². The van der Waals surface area contributed by atoms with Gasteiger partial charge in [-0.05, 0) is 17.7 Å². The van der Waals surface area contributed by atoms with Crippen LogP contribution in [0.3, 0.4) is 0 Å². The van der Waals surface area contributed by atoms with Gasteiger partial charge in [0.05, 0.1) is 5.02 Å². The number of halogens is 2. The van der Waals surface area contributed by atoms with Gasteiger partial charge in [0.2, 0.25) is 0 Å². The summed E-state index contributed by atoms with van der Waals surface area (Å²) >= 11 is 5.71. The van der Waals surface area contributed by atoms with E-state index in [0.717, 1.165) is 18.7 Å². The normalized spacial score (nSPS) is 11.1. The molecule has 90 valence electrons. The molecule has 0 radical (unpaired) electrons. The molecule has 0 saturated heterocycles. The highest BCUT2D eigenvalue weighted by Gasteiger charge is 2.06. The van der Waals surface area contributed by atoms with Crippen molar-refractivity contribution in [3.05, 3.63) is 34.6 Å². The minimum atomic E-state index is -0.394. The third-order valence-electron chi connectivity index (χ3n) is 2.28. The van der Waals surface area contributed by atoms with E-state index in [-0.39, 0.29) is 5.02 Å². The summed E-state index contributed by atoms with van der Waals surface area (Å²) in [5.74, 6) is -0.394. The molecule has 4 N–H and O–H groups in total. The molecule has 0 saturated carbocycles. The summed E-state index contributed by atoms with van der Waals surface area (Å²) in [5, 5.41) is 0.151. The Labute approximate surface area is 100 Å². The van der Waals surface area contributed by atoms with Crippen molar-refractivity contribution in [2.75, 3.05) is 26.2 Å². The summed E-state index contributed by atoms with van der Waals surface area (Å²) in [6.07, 6.45) is 0. The second kappa shape index (κ2) is 6.81. The zero-order valence-corrected chi connectivity index (χ0v) is 9.88. The molecule has 0 aliphatic carbocycles. The number of hydrogen-bond acceptors (Lipinski definition) is 3. The fraction of sp³-hybridized carbons (Fsp3) is 0.455. The Hall–Kier alpha value is -0.680. The largest absolute Gasteiger partial charge is 0.329 e. The van der Waals surface area contributed by atoms with Gasteiger partial charge in [-0.25, -0.2) is 4.39 Å². The van der Waals surface area contributed by atoms with Crippen LogP contribution in [0.15, 0.2) is 18.2 Å². The Morgan fingerprint density at radius 1 is 1.19 bits per heavy atom. The summed E-state index contributed by atoms with van der Waals surface area (Å²) in [6, 6.07) is 4.74. The molecular weight excluding hydrogens is 229 g/mol. The molecule has 0 spiro atoms. The van der Waals surface area contributed by atoms with Gasteiger partial charge in [-0.1, -0.05) is 17.7 Å². The van der Waals surface area contributed by atoms with Crippen LogP contribution in [0.2, 0.25) is 5.02 Å². The monoisotopic (exact) mass is 245 g/mol. The van der Waals surface area contributed by atoms with Gasteiger partial charge in [0.25, 0.3) is 0 Å². The molecule has 0 aliphatic rings. The summed E-state index contributed by atoms with van der Waals surface area (Å²) < 4.78 is 12.9. The van der Waals surface area contributed by atoms with E-state index in [1.165, 1.54) is 6.07 Å². The van der Waals surface area contributed by atoms with E-state index < -0.39 is 5.82 Å². The summed E-state index contributed by atoms with van der Waals surface area (Å²) in [5.41, 5.74) is 12.0. The molecule has 1 aromatic carbocycles. The van der Waals surface area contributed by atoms with Crippen LogP contribution >= 0.6 is 11.6 Å². The van der Waals surface area contributed by atoms with Crippen molar-refractivity contribution in [2.24, 2.45) is 11.5 Å². The van der Waals surface area contributed by atoms with Crippen LogP contribution in [0.1, 0.15) is 5.56 Å². The summed E-state index contributed by atoms with van der Waals surface area (Å²) in [6.45, 7) is 3.39. The van der Waals surface area contributed by atoms with E-state index in [4.69, 9.17) is 23.1 Å². The van der Waals surface area contributed by atoms with Crippen molar-refractivity contribution in [3.63, 3.8) is 0 Å². The standard InChI is InChI=1S/C11H17ClFN3/c12-10-7-9(1-2-11(10)13)8-16(5-3-14)6-4-15/h1-2,7H,3-6,8,14-15H2. The lowest BCUT2D eigenvalue weighted by Crippen LogP contribution is -2.33. The Balaban J connectivity index is 2.65. The smallest absolute Gasteiger partial charge is 0.141 e. The van der Waals surface area contributed by atoms with Crippen LogP contribution in [0, 0.1) is 5.82 Å². The maximum atomic E-state index is 12.9. The Morgan fingerprint density at radius 3 is 2.31 bits per heavy atom. The first-order chi connectivity index (χ1) is 7.67. The zero-order valence-electron chi connectivity index (χ0n) is 9.13. The summed E-state index contributed by atoms with van der Waals surface area (Å²) in [4.78, 5) is 2.11. The molecule has 1 rings (SSSR count). The first-order valence-electron chi connectivity index (χ1n) is 5.23. The van der Waals surface area contributed by atoms with Crippen molar-refractivity contribution in [1.29, 1.82) is 0 Å². The van der Waals surface area contributed by atoms with E-state index in [0.29, 0.717) is 19.6 Å². The molecule has 16 heavy (non-hydrogen) atoms. The molecule has 5 heteroatoms. The van der Waals surface area contributed by atoms with Crippen LogP contribution < -0.4 is 11.5 Å². The first-order valence-corrected chi connectivity index (χ1v) is 5.61. The van der Waals surface area contributed by atoms with Crippen LogP contribution in [-0.2, 0) is 6.54 Å². The average molecular weight is 246 g/mol. The van der Waals surface area contributed by atoms with Crippen molar-refractivity contribution in [1.82, 2.24) is 4.90 Å². The molecular formula is C11H17ClFN3. The second-order valence-electron chi connectivity index (χ2n) is 3.60. The highest BCUT2D eigenvalue weighted by molar-refractivity contribution is 6.30. The topological polar surface area (TPSA) is 55.3 Å². The van der Waals surface area contributed by atoms with E-state index >= 15 is 0 Å². The lowest BCUT2D eigenvalue weighted by molar-refractivity contribution is 0.281. The maximum absolute atomic E-state index is 12.9. The molecule has 1 aromatic rings. The Morgan fingerprint density at radius 2 is 1.81 bits per heavy atom. The zero-order chi connectivity index (χ0) is 12.0. The quantitative estimate of drug-likeness (QED) is 0.792. The van der Waals surface area contributed by atoms with E-state index in [1.54, 1.807) is 12.1 Å². The van der Waals surface area contributed by atoms with Gasteiger partial charge in [0, 0.05) is 32.7 Å². The van der Waals surface area contributed by atoms with Crippen molar-refractivity contribution in [2.45, 2.75) is 6.54 Å². The molecule has 3 nitrogen and oxygen atoms in total. The third kappa shape index (κ3) is 4.06. The van der Waals surface area contributed by atoms with Crippen LogP contribution in [0.25, 0.3) is 0 Å². The number of hydrogen-bond donors (Lipinski definition) is 2. The SMILES string of the molecule is NCCN(CCN)Cc1ccc(F)c(Cl)c1. The maximum Gasteiger partial charge on any atom is 0.141 e. The lowest BCUT2D eigenvalue weighted by atomic mass is 10.2. The van der Waals surface area contributed by atoms with E-state index in [2.05, 4.69) is 4.90 Å². The molecule has 0 heterocycles. The molecule has 0 aromatic heterocycles. The van der Waals surface area contributed by atoms with Crippen LogP contribution in [0.5, 0.6) is 0 Å². The average Bonchev–Trinajstić information content (AvgIpc) is 2.24. The highest BCUT2D eigenvalue weighted by Crippen LogP contribution is 2.17. The van der Waals surface area contributed by atoms with Gasteiger partial charge in [-0.15, -0.1) is 0 Å². The van der Waals surface area contributed by atoms with Crippen molar-refractivity contribution >= 4 is 11.6 Å². The van der Waals surface area contributed by atoms with Crippen LogP contribution in [0.4, 0.5) is 4.39 Å². The fourth-order valence-corrected chi connectivity index (χ4v) is 1.73. The molecule has 0 amide bonds. The van der Waals surface area contributed by atoms with Gasteiger partial charge in [-0.2, -0.15) is 0 Å². The van der Waals surface area contributed by atoms with Crippen LogP contribution in [-0.4, -0.2) is 31.1 Å². The first kappa shape index (κ1) is 13.4. The number of benzene rings is 1. The van der Waals surface area contributed by atoms with Crippen molar-refractivity contribution in [3.8, 4) is 0 Å². The fourth-order valence-electron chi connectivity index (χ4n) is 1.53. The third-order valence-corrected chi connectivity index (χ3v) is 2.57. The van der Waals surface area contributed by atoms with E-state index in [9.17, 15) is 4.39 Å².